The number of hydrogen-bond acceptors (Lipinski definition) is 2. The highest BCUT2D eigenvalue weighted by atomic mass is 35.5. The Morgan fingerprint density at radius 1 is 1.18 bits per heavy atom. The number of quaternary nitrogens is 2. The maximum atomic E-state index is 11.6. The van der Waals surface area contributed by atoms with Crippen molar-refractivity contribution in [3.05, 3.63) is 35.9 Å². The number of benzene rings is 1. The Morgan fingerprint density at radius 3 is 2.45 bits per heavy atom. The maximum absolute atomic E-state index is 11.6. The van der Waals surface area contributed by atoms with Gasteiger partial charge in [-0.3, -0.25) is 4.79 Å². The molecule has 0 aliphatic rings. The molecular formula is C15H25Cl2N3O2. The van der Waals surface area contributed by atoms with Crippen molar-refractivity contribution in [1.82, 2.24) is 5.32 Å². The van der Waals surface area contributed by atoms with Gasteiger partial charge in [-0.1, -0.05) is 12.1 Å². The van der Waals surface area contributed by atoms with Crippen LogP contribution in [-0.2, 0) is 4.79 Å². The monoisotopic (exact) mass is 349 g/mol. The zero-order valence-corrected chi connectivity index (χ0v) is 14.1. The summed E-state index contributed by atoms with van der Waals surface area (Å²) in [5.41, 5.74) is 4.68. The molecule has 7 heteroatoms. The Morgan fingerprint density at radius 2 is 1.82 bits per heavy atom. The highest BCUT2D eigenvalue weighted by Gasteiger charge is 1.96. The van der Waals surface area contributed by atoms with Crippen molar-refractivity contribution in [2.24, 2.45) is 0 Å². The molecule has 0 aliphatic heterocycles. The third-order valence-corrected chi connectivity index (χ3v) is 2.86. The van der Waals surface area contributed by atoms with Crippen LogP contribution in [0.3, 0.4) is 0 Å². The average Bonchev–Trinajstić information content (AvgIpc) is 2.46. The number of hydrogen-bond donors (Lipinski definition) is 4. The summed E-state index contributed by atoms with van der Waals surface area (Å²) in [5.74, 6) is 0.137. The molecule has 0 saturated carbocycles. The molecule has 0 atom stereocenters. The molecular weight excluding hydrogens is 325 g/mol. The van der Waals surface area contributed by atoms with Gasteiger partial charge < -0.3 is 46.3 Å². The fraction of sp³-hybridized carbons (Fsp3) is 0.400. The number of amides is 1. The standard InChI is InChI=1S/C15H23N3O2.2ClH/c16-9-1-10-17-11-2-12-18-15(20)8-5-13-3-6-14(19)7-4-13;;/h3-8,17,19H,1-2,9-12,16H2,(H,18,20);2*1H/b8-5+;;. The van der Waals surface area contributed by atoms with E-state index in [1.54, 1.807) is 30.3 Å². The lowest BCUT2D eigenvalue weighted by molar-refractivity contribution is -0.657. The molecule has 0 radical (unpaired) electrons. The van der Waals surface area contributed by atoms with Crippen LogP contribution in [0.5, 0.6) is 5.75 Å². The summed E-state index contributed by atoms with van der Waals surface area (Å²) in [6, 6.07) is 6.71. The first kappa shape index (κ1) is 23.0. The average molecular weight is 350 g/mol. The van der Waals surface area contributed by atoms with Crippen molar-refractivity contribution in [3.63, 3.8) is 0 Å². The fourth-order valence-corrected chi connectivity index (χ4v) is 1.71. The molecule has 1 rings (SSSR count). The molecule has 1 aromatic carbocycles. The van der Waals surface area contributed by atoms with Gasteiger partial charge in [-0.05, 0) is 23.8 Å². The Kier molecular flexibility index (Phi) is 15.3. The molecule has 1 aromatic rings. The Hall–Kier alpha value is -1.27. The first-order valence-corrected chi connectivity index (χ1v) is 7.08. The second-order valence-corrected chi connectivity index (χ2v) is 4.64. The van der Waals surface area contributed by atoms with Crippen LogP contribution < -0.4 is 41.2 Å². The van der Waals surface area contributed by atoms with Crippen LogP contribution in [-0.4, -0.2) is 37.2 Å². The Labute approximate surface area is 144 Å². The van der Waals surface area contributed by atoms with Crippen LogP contribution in [0.1, 0.15) is 18.4 Å². The minimum absolute atomic E-state index is 0. The molecule has 126 valence electrons. The van der Waals surface area contributed by atoms with E-state index in [1.807, 2.05) is 0 Å². The van der Waals surface area contributed by atoms with E-state index in [4.69, 9.17) is 5.11 Å². The summed E-state index contributed by atoms with van der Waals surface area (Å²) in [7, 11) is 0. The molecule has 0 spiro atoms. The number of phenolic OH excluding ortho intramolecular Hbond substituents is 1. The molecule has 0 unspecified atom stereocenters. The summed E-state index contributed by atoms with van der Waals surface area (Å²) in [4.78, 5) is 11.6. The zero-order valence-electron chi connectivity index (χ0n) is 12.6. The molecule has 0 aromatic heterocycles. The van der Waals surface area contributed by atoms with E-state index in [-0.39, 0.29) is 36.5 Å². The molecule has 0 bridgehead atoms. The smallest absolute Gasteiger partial charge is 0.244 e. The predicted octanol–water partition coefficient (Wildman–Crippen LogP) is -6.88. The van der Waals surface area contributed by atoms with E-state index in [0.717, 1.165) is 38.0 Å². The normalized spacial score (nSPS) is 9.86. The highest BCUT2D eigenvalue weighted by Crippen LogP contribution is 2.10. The molecule has 22 heavy (non-hydrogen) atoms. The van der Waals surface area contributed by atoms with Crippen LogP contribution in [0.25, 0.3) is 6.08 Å². The molecule has 0 aliphatic carbocycles. The minimum atomic E-state index is -0.0872. The van der Waals surface area contributed by atoms with Gasteiger partial charge in [0.1, 0.15) is 5.75 Å². The number of phenols is 1. The summed E-state index contributed by atoms with van der Waals surface area (Å²) < 4.78 is 0. The molecule has 7 N–H and O–H groups in total. The lowest BCUT2D eigenvalue weighted by Crippen LogP contribution is -3.00. The molecule has 0 fully saturated rings. The first-order chi connectivity index (χ1) is 9.72. The van der Waals surface area contributed by atoms with Gasteiger partial charge in [0.2, 0.25) is 5.91 Å². The number of carbonyl (C=O) groups excluding carboxylic acids is 1. The van der Waals surface area contributed by atoms with Gasteiger partial charge in [0.25, 0.3) is 0 Å². The predicted molar refractivity (Wildman–Crippen MR) is 78.8 cm³/mol. The van der Waals surface area contributed by atoms with Gasteiger partial charge >= 0.3 is 0 Å². The summed E-state index contributed by atoms with van der Waals surface area (Å²) in [5, 5.41) is 14.2. The SMILES string of the molecule is [Cl-].[Cl-].[NH3+]CCC[NH2+]CCCNC(=O)/C=C/c1ccc(O)cc1. The third-order valence-electron chi connectivity index (χ3n) is 2.86. The van der Waals surface area contributed by atoms with Crippen LogP contribution >= 0.6 is 0 Å². The van der Waals surface area contributed by atoms with Crippen molar-refractivity contribution in [1.29, 1.82) is 0 Å². The zero-order chi connectivity index (χ0) is 14.6. The molecule has 5 nitrogen and oxygen atoms in total. The third kappa shape index (κ3) is 11.4. The van der Waals surface area contributed by atoms with Crippen LogP contribution in [0, 0.1) is 0 Å². The highest BCUT2D eigenvalue weighted by molar-refractivity contribution is 5.91. The summed E-state index contributed by atoms with van der Waals surface area (Å²) >= 11 is 0. The fourth-order valence-electron chi connectivity index (χ4n) is 1.71. The summed E-state index contributed by atoms with van der Waals surface area (Å²) in [6.45, 7) is 3.81. The Balaban J connectivity index is 0. The number of nitrogens with one attached hydrogen (secondary N) is 1. The number of halogens is 2. The second-order valence-electron chi connectivity index (χ2n) is 4.64. The Bertz CT molecular complexity index is 425. The number of aromatic hydroxyl groups is 1. The second kappa shape index (κ2) is 14.7. The topological polar surface area (TPSA) is 93.6 Å². The van der Waals surface area contributed by atoms with Crippen molar-refractivity contribution in [2.45, 2.75) is 12.8 Å². The molecule has 0 heterocycles. The van der Waals surface area contributed by atoms with Crippen molar-refractivity contribution < 1.29 is 45.8 Å². The minimum Gasteiger partial charge on any atom is -1.00 e. The largest absolute Gasteiger partial charge is 1.00 e. The first-order valence-electron chi connectivity index (χ1n) is 7.08. The van der Waals surface area contributed by atoms with E-state index < -0.39 is 0 Å². The van der Waals surface area contributed by atoms with Gasteiger partial charge in [0, 0.05) is 25.5 Å². The quantitative estimate of drug-likeness (QED) is 0.263. The van der Waals surface area contributed by atoms with Crippen molar-refractivity contribution in [3.8, 4) is 5.75 Å². The van der Waals surface area contributed by atoms with E-state index >= 15 is 0 Å². The van der Waals surface area contributed by atoms with Crippen molar-refractivity contribution >= 4 is 12.0 Å². The van der Waals surface area contributed by atoms with E-state index in [0.29, 0.717) is 6.54 Å². The van der Waals surface area contributed by atoms with Crippen LogP contribution in [0.2, 0.25) is 0 Å². The lowest BCUT2D eigenvalue weighted by Gasteiger charge is -2.02. The number of carbonyl (C=O) groups is 1. The van der Waals surface area contributed by atoms with Gasteiger partial charge in [-0.25, -0.2) is 0 Å². The maximum Gasteiger partial charge on any atom is 0.244 e. The van der Waals surface area contributed by atoms with Crippen LogP contribution in [0.4, 0.5) is 0 Å². The number of rotatable bonds is 9. The lowest BCUT2D eigenvalue weighted by atomic mass is 10.2. The van der Waals surface area contributed by atoms with Gasteiger partial charge in [-0.15, -0.1) is 0 Å². The van der Waals surface area contributed by atoms with E-state index in [1.165, 1.54) is 6.08 Å². The van der Waals surface area contributed by atoms with E-state index in [9.17, 15) is 4.79 Å². The molecule has 1 amide bonds. The van der Waals surface area contributed by atoms with E-state index in [2.05, 4.69) is 16.4 Å². The van der Waals surface area contributed by atoms with Gasteiger partial charge in [0.05, 0.1) is 19.6 Å². The van der Waals surface area contributed by atoms with Crippen molar-refractivity contribution in [2.75, 3.05) is 26.2 Å². The molecule has 0 saturated heterocycles. The van der Waals surface area contributed by atoms with Crippen LogP contribution in [0.15, 0.2) is 30.3 Å². The summed E-state index contributed by atoms with van der Waals surface area (Å²) in [6.07, 6.45) is 5.35. The van der Waals surface area contributed by atoms with Gasteiger partial charge in [-0.2, -0.15) is 0 Å². The van der Waals surface area contributed by atoms with Gasteiger partial charge in [0.15, 0.2) is 0 Å². The number of nitrogens with two attached hydrogens (primary N) is 1.